The molecule has 0 bridgehead atoms. The van der Waals surface area contributed by atoms with E-state index in [0.29, 0.717) is 6.54 Å². The summed E-state index contributed by atoms with van der Waals surface area (Å²) in [6.45, 7) is 4.14. The van der Waals surface area contributed by atoms with E-state index in [1.54, 1.807) is 11.0 Å². The van der Waals surface area contributed by atoms with Gasteiger partial charge < -0.3 is 15.2 Å². The van der Waals surface area contributed by atoms with Crippen molar-refractivity contribution in [2.75, 3.05) is 19.6 Å². The molecule has 1 aromatic carbocycles. The fourth-order valence-electron chi connectivity index (χ4n) is 2.60. The number of aromatic nitrogens is 1. The summed E-state index contributed by atoms with van der Waals surface area (Å²) in [5.41, 5.74) is 0.652. The van der Waals surface area contributed by atoms with Crippen LogP contribution in [-0.2, 0) is 0 Å². The largest absolute Gasteiger partial charge is 0.333 e. The summed E-state index contributed by atoms with van der Waals surface area (Å²) in [5, 5.41) is 4.11. The van der Waals surface area contributed by atoms with Crippen molar-refractivity contribution >= 4 is 16.8 Å². The van der Waals surface area contributed by atoms with E-state index in [2.05, 4.69) is 10.3 Å². The molecule has 1 fully saturated rings. The summed E-state index contributed by atoms with van der Waals surface area (Å²) in [4.78, 5) is 29.2. The highest BCUT2D eigenvalue weighted by atomic mass is 16.2. The third-order valence-electron chi connectivity index (χ3n) is 3.75. The molecular formula is C15H17N3O2. The van der Waals surface area contributed by atoms with Crippen molar-refractivity contribution in [2.24, 2.45) is 0 Å². The number of pyridine rings is 1. The van der Waals surface area contributed by atoms with Crippen LogP contribution < -0.4 is 10.9 Å². The van der Waals surface area contributed by atoms with Crippen molar-refractivity contribution in [3.05, 3.63) is 46.2 Å². The van der Waals surface area contributed by atoms with Crippen molar-refractivity contribution in [3.63, 3.8) is 0 Å². The number of carbonyl (C=O) groups is 1. The molecule has 0 saturated carbocycles. The first-order valence-corrected chi connectivity index (χ1v) is 6.80. The van der Waals surface area contributed by atoms with E-state index in [1.807, 2.05) is 31.2 Å². The minimum Gasteiger partial charge on any atom is -0.333 e. The van der Waals surface area contributed by atoms with E-state index in [4.69, 9.17) is 0 Å². The molecule has 2 aromatic rings. The zero-order valence-corrected chi connectivity index (χ0v) is 11.3. The van der Waals surface area contributed by atoms with E-state index >= 15 is 0 Å². The Balaban J connectivity index is 2.02. The van der Waals surface area contributed by atoms with Gasteiger partial charge in [-0.15, -0.1) is 0 Å². The zero-order valence-electron chi connectivity index (χ0n) is 11.3. The molecule has 3 rings (SSSR count). The van der Waals surface area contributed by atoms with E-state index in [0.717, 1.165) is 24.0 Å². The number of benzene rings is 1. The van der Waals surface area contributed by atoms with Crippen LogP contribution in [0.3, 0.4) is 0 Å². The maximum Gasteiger partial charge on any atom is 0.261 e. The number of hydrogen-bond acceptors (Lipinski definition) is 3. The predicted octanol–water partition coefficient (Wildman–Crippen LogP) is 0.962. The average molecular weight is 271 g/mol. The zero-order chi connectivity index (χ0) is 14.1. The van der Waals surface area contributed by atoms with Crippen molar-refractivity contribution in [1.82, 2.24) is 15.2 Å². The van der Waals surface area contributed by atoms with Gasteiger partial charge in [0.25, 0.3) is 11.5 Å². The van der Waals surface area contributed by atoms with Gasteiger partial charge in [0.15, 0.2) is 0 Å². The lowest BCUT2D eigenvalue weighted by atomic mass is 10.1. The lowest BCUT2D eigenvalue weighted by Gasteiger charge is -2.33. The number of nitrogens with one attached hydrogen (secondary N) is 2. The molecule has 1 amide bonds. The first-order chi connectivity index (χ1) is 9.66. The number of H-pyrrole nitrogens is 1. The Morgan fingerprint density at radius 3 is 2.95 bits per heavy atom. The van der Waals surface area contributed by atoms with Crippen LogP contribution in [0.4, 0.5) is 0 Å². The maximum atomic E-state index is 12.6. The first kappa shape index (κ1) is 12.9. The van der Waals surface area contributed by atoms with Crippen molar-refractivity contribution in [2.45, 2.75) is 13.0 Å². The second-order valence-corrected chi connectivity index (χ2v) is 5.15. The molecule has 1 unspecified atom stereocenters. The third kappa shape index (κ3) is 2.20. The van der Waals surface area contributed by atoms with Gasteiger partial charge in [-0.05, 0) is 24.4 Å². The molecule has 1 saturated heterocycles. The Labute approximate surface area is 116 Å². The quantitative estimate of drug-likeness (QED) is 0.812. The Hall–Kier alpha value is -2.14. The molecule has 2 heterocycles. The van der Waals surface area contributed by atoms with Gasteiger partial charge in [-0.25, -0.2) is 0 Å². The lowest BCUT2D eigenvalue weighted by molar-refractivity contribution is 0.0654. The summed E-state index contributed by atoms with van der Waals surface area (Å²) in [6, 6.07) is 9.26. The van der Waals surface area contributed by atoms with Crippen LogP contribution in [0.2, 0.25) is 0 Å². The predicted molar refractivity (Wildman–Crippen MR) is 77.9 cm³/mol. The molecule has 104 valence electrons. The molecule has 1 aromatic heterocycles. The number of nitrogens with zero attached hydrogens (tertiary/aromatic N) is 1. The average Bonchev–Trinajstić information content (AvgIpc) is 2.46. The van der Waals surface area contributed by atoms with Gasteiger partial charge in [-0.1, -0.05) is 18.2 Å². The van der Waals surface area contributed by atoms with Crippen molar-refractivity contribution < 1.29 is 4.79 Å². The molecule has 0 aliphatic carbocycles. The normalized spacial score (nSPS) is 19.2. The molecule has 5 heteroatoms. The fourth-order valence-corrected chi connectivity index (χ4v) is 2.60. The van der Waals surface area contributed by atoms with Gasteiger partial charge in [0.2, 0.25) is 0 Å². The van der Waals surface area contributed by atoms with Crippen LogP contribution >= 0.6 is 0 Å². The highest BCUT2D eigenvalue weighted by Gasteiger charge is 2.25. The topological polar surface area (TPSA) is 65.2 Å². The molecule has 0 radical (unpaired) electrons. The second-order valence-electron chi connectivity index (χ2n) is 5.15. The molecule has 2 N–H and O–H groups in total. The van der Waals surface area contributed by atoms with Gasteiger partial charge >= 0.3 is 0 Å². The van der Waals surface area contributed by atoms with Gasteiger partial charge in [0.05, 0.1) is 0 Å². The minimum absolute atomic E-state index is 0.0992. The van der Waals surface area contributed by atoms with Crippen molar-refractivity contribution in [3.8, 4) is 0 Å². The summed E-state index contributed by atoms with van der Waals surface area (Å²) in [6.07, 6.45) is 0. The standard InChI is InChI=1S/C15H17N3O2/c1-10-9-16-6-7-18(10)15(20)12-8-11-4-2-3-5-13(11)17-14(12)19/h2-5,8,10,16H,6-7,9H2,1H3,(H,17,19). The smallest absolute Gasteiger partial charge is 0.261 e. The Kier molecular flexibility index (Phi) is 3.28. The van der Waals surface area contributed by atoms with Crippen LogP contribution in [0.1, 0.15) is 17.3 Å². The molecular weight excluding hydrogens is 254 g/mol. The maximum absolute atomic E-state index is 12.6. The number of fused-ring (bicyclic) bond motifs is 1. The number of carbonyl (C=O) groups excluding carboxylic acids is 1. The number of piperazine rings is 1. The van der Waals surface area contributed by atoms with E-state index < -0.39 is 0 Å². The lowest BCUT2D eigenvalue weighted by Crippen LogP contribution is -2.53. The number of para-hydroxylation sites is 1. The van der Waals surface area contributed by atoms with Crippen LogP contribution in [0.15, 0.2) is 35.1 Å². The SMILES string of the molecule is CC1CNCCN1C(=O)c1cc2ccccc2[nH]c1=O. The fraction of sp³-hybridized carbons (Fsp3) is 0.333. The van der Waals surface area contributed by atoms with E-state index in [1.165, 1.54) is 0 Å². The Bertz CT molecular complexity index is 708. The number of amides is 1. The summed E-state index contributed by atoms with van der Waals surface area (Å²) < 4.78 is 0. The molecule has 0 spiro atoms. The Morgan fingerprint density at radius 2 is 2.15 bits per heavy atom. The van der Waals surface area contributed by atoms with Gasteiger partial charge in [-0.2, -0.15) is 0 Å². The molecule has 1 aliphatic heterocycles. The summed E-state index contributed by atoms with van der Waals surface area (Å²) in [5.74, 6) is -0.189. The van der Waals surface area contributed by atoms with Crippen molar-refractivity contribution in [1.29, 1.82) is 0 Å². The molecule has 1 aliphatic rings. The van der Waals surface area contributed by atoms with Crippen LogP contribution in [-0.4, -0.2) is 41.5 Å². The highest BCUT2D eigenvalue weighted by Crippen LogP contribution is 2.13. The molecule has 20 heavy (non-hydrogen) atoms. The van der Waals surface area contributed by atoms with Gasteiger partial charge in [0.1, 0.15) is 5.56 Å². The summed E-state index contributed by atoms with van der Waals surface area (Å²) >= 11 is 0. The molecule has 1 atom stereocenters. The monoisotopic (exact) mass is 271 g/mol. The van der Waals surface area contributed by atoms with Crippen LogP contribution in [0.5, 0.6) is 0 Å². The summed E-state index contributed by atoms with van der Waals surface area (Å²) in [7, 11) is 0. The number of rotatable bonds is 1. The van der Waals surface area contributed by atoms with E-state index in [9.17, 15) is 9.59 Å². The van der Waals surface area contributed by atoms with E-state index in [-0.39, 0.29) is 23.1 Å². The molecule has 5 nitrogen and oxygen atoms in total. The van der Waals surface area contributed by atoms with Crippen LogP contribution in [0.25, 0.3) is 10.9 Å². The number of aromatic amines is 1. The van der Waals surface area contributed by atoms with Crippen LogP contribution in [0, 0.1) is 0 Å². The third-order valence-corrected chi connectivity index (χ3v) is 3.75. The minimum atomic E-state index is -0.320. The Morgan fingerprint density at radius 1 is 1.35 bits per heavy atom. The second kappa shape index (κ2) is 5.09. The number of hydrogen-bond donors (Lipinski definition) is 2. The first-order valence-electron chi connectivity index (χ1n) is 6.80. The van der Waals surface area contributed by atoms with Gasteiger partial charge in [-0.3, -0.25) is 9.59 Å². The van der Waals surface area contributed by atoms with Gasteiger partial charge in [0, 0.05) is 31.2 Å². The highest BCUT2D eigenvalue weighted by molar-refractivity contribution is 5.97.